The van der Waals surface area contributed by atoms with Crippen LogP contribution in [0, 0.1) is 0 Å². The van der Waals surface area contributed by atoms with Crippen LogP contribution in [0.2, 0.25) is 0 Å². The number of allylic oxidation sites excluding steroid dienone is 2. The van der Waals surface area contributed by atoms with Gasteiger partial charge in [0.1, 0.15) is 0 Å². The molecule has 0 fully saturated rings. The van der Waals surface area contributed by atoms with E-state index in [2.05, 4.69) is 6.92 Å². The SMILES string of the molecule is CCCCCCCC/C(=C\C(=O)CCCCCCC(=O)O)OC. The first-order valence-corrected chi connectivity index (χ1v) is 9.09. The second-order valence-corrected chi connectivity index (χ2v) is 6.11. The minimum atomic E-state index is -0.747. The van der Waals surface area contributed by atoms with Crippen LogP contribution in [0.1, 0.15) is 90.4 Å². The molecule has 0 bridgehead atoms. The molecule has 0 aliphatic heterocycles. The van der Waals surface area contributed by atoms with Crippen LogP contribution in [0.15, 0.2) is 11.8 Å². The lowest BCUT2D eigenvalue weighted by atomic mass is 10.1. The fourth-order valence-electron chi connectivity index (χ4n) is 2.49. The molecule has 0 heterocycles. The highest BCUT2D eigenvalue weighted by Crippen LogP contribution is 2.13. The maximum atomic E-state index is 11.9. The van der Waals surface area contributed by atoms with Crippen LogP contribution in [0.5, 0.6) is 0 Å². The number of methoxy groups -OCH3 is 1. The molecular weight excluding hydrogens is 292 g/mol. The predicted octanol–water partition coefficient (Wildman–Crippen LogP) is 5.26. The summed E-state index contributed by atoms with van der Waals surface area (Å²) >= 11 is 0. The average molecular weight is 326 g/mol. The number of ketones is 1. The van der Waals surface area contributed by atoms with E-state index in [-0.39, 0.29) is 12.2 Å². The van der Waals surface area contributed by atoms with E-state index in [0.717, 1.165) is 37.9 Å². The van der Waals surface area contributed by atoms with Crippen molar-refractivity contribution in [3.8, 4) is 0 Å². The van der Waals surface area contributed by atoms with Crippen LogP contribution in [0.25, 0.3) is 0 Å². The molecule has 0 aromatic heterocycles. The normalized spacial score (nSPS) is 11.5. The molecule has 0 aromatic carbocycles. The third kappa shape index (κ3) is 15.4. The number of carbonyl (C=O) groups excluding carboxylic acids is 1. The highest BCUT2D eigenvalue weighted by atomic mass is 16.5. The van der Waals surface area contributed by atoms with E-state index in [4.69, 9.17) is 9.84 Å². The third-order valence-corrected chi connectivity index (χ3v) is 3.92. The van der Waals surface area contributed by atoms with Crippen molar-refractivity contribution < 1.29 is 19.4 Å². The quantitative estimate of drug-likeness (QED) is 0.239. The van der Waals surface area contributed by atoms with E-state index in [1.54, 1.807) is 13.2 Å². The predicted molar refractivity (Wildman–Crippen MR) is 93.4 cm³/mol. The lowest BCUT2D eigenvalue weighted by Gasteiger charge is -2.06. The molecule has 4 heteroatoms. The number of rotatable bonds is 16. The van der Waals surface area contributed by atoms with Gasteiger partial charge in [0.25, 0.3) is 0 Å². The van der Waals surface area contributed by atoms with Crippen molar-refractivity contribution in [2.75, 3.05) is 7.11 Å². The molecule has 0 atom stereocenters. The lowest BCUT2D eigenvalue weighted by molar-refractivity contribution is -0.137. The zero-order valence-corrected chi connectivity index (χ0v) is 14.9. The number of unbranched alkanes of at least 4 members (excludes halogenated alkanes) is 8. The second kappa shape index (κ2) is 15.6. The molecule has 0 saturated heterocycles. The molecule has 0 aliphatic carbocycles. The molecule has 4 nitrogen and oxygen atoms in total. The van der Waals surface area contributed by atoms with E-state index in [9.17, 15) is 9.59 Å². The first-order chi connectivity index (χ1) is 11.1. The average Bonchev–Trinajstić information content (AvgIpc) is 2.52. The Morgan fingerprint density at radius 3 is 1.91 bits per heavy atom. The summed E-state index contributed by atoms with van der Waals surface area (Å²) in [6.45, 7) is 2.21. The number of carbonyl (C=O) groups is 2. The number of hydrogen-bond acceptors (Lipinski definition) is 3. The Balaban J connectivity index is 3.74. The number of ether oxygens (including phenoxy) is 1. The van der Waals surface area contributed by atoms with Crippen LogP contribution in [-0.2, 0) is 14.3 Å². The lowest BCUT2D eigenvalue weighted by Crippen LogP contribution is -1.98. The van der Waals surface area contributed by atoms with Gasteiger partial charge < -0.3 is 9.84 Å². The third-order valence-electron chi connectivity index (χ3n) is 3.92. The number of aliphatic carboxylic acids is 1. The Labute approximate surface area is 141 Å². The van der Waals surface area contributed by atoms with Crippen LogP contribution in [0.4, 0.5) is 0 Å². The molecule has 0 amide bonds. The summed E-state index contributed by atoms with van der Waals surface area (Å²) in [4.78, 5) is 22.3. The Morgan fingerprint density at radius 1 is 0.826 bits per heavy atom. The van der Waals surface area contributed by atoms with Gasteiger partial charge in [-0.25, -0.2) is 0 Å². The number of carboxylic acid groups (broad SMARTS) is 1. The molecule has 0 radical (unpaired) electrons. The summed E-state index contributed by atoms with van der Waals surface area (Å²) in [6, 6.07) is 0. The van der Waals surface area contributed by atoms with Crippen molar-refractivity contribution in [2.24, 2.45) is 0 Å². The highest BCUT2D eigenvalue weighted by Gasteiger charge is 2.04. The zero-order valence-electron chi connectivity index (χ0n) is 14.9. The van der Waals surface area contributed by atoms with Gasteiger partial charge in [-0.1, -0.05) is 51.9 Å². The zero-order chi connectivity index (χ0) is 17.3. The fourth-order valence-corrected chi connectivity index (χ4v) is 2.49. The van der Waals surface area contributed by atoms with Crippen molar-refractivity contribution in [3.05, 3.63) is 11.8 Å². The summed E-state index contributed by atoms with van der Waals surface area (Å²) in [5, 5.41) is 8.54. The first-order valence-electron chi connectivity index (χ1n) is 9.09. The summed E-state index contributed by atoms with van der Waals surface area (Å²) in [7, 11) is 1.63. The molecule has 1 N–H and O–H groups in total. The Morgan fingerprint density at radius 2 is 1.35 bits per heavy atom. The fraction of sp³-hybridized carbons (Fsp3) is 0.789. The van der Waals surface area contributed by atoms with E-state index < -0.39 is 5.97 Å². The molecule has 0 rings (SSSR count). The summed E-state index contributed by atoms with van der Waals surface area (Å²) in [6.07, 6.45) is 13.9. The van der Waals surface area contributed by atoms with Crippen molar-refractivity contribution in [2.45, 2.75) is 90.4 Å². The highest BCUT2D eigenvalue weighted by molar-refractivity contribution is 5.89. The molecule has 0 saturated carbocycles. The van der Waals surface area contributed by atoms with E-state index in [1.165, 1.54) is 32.1 Å². The first kappa shape index (κ1) is 21.7. The van der Waals surface area contributed by atoms with Gasteiger partial charge in [-0.05, 0) is 19.3 Å². The molecule has 23 heavy (non-hydrogen) atoms. The minimum Gasteiger partial charge on any atom is -0.501 e. The molecule has 0 spiro atoms. The largest absolute Gasteiger partial charge is 0.501 e. The van der Waals surface area contributed by atoms with Crippen molar-refractivity contribution >= 4 is 11.8 Å². The summed E-state index contributed by atoms with van der Waals surface area (Å²) < 4.78 is 5.29. The van der Waals surface area contributed by atoms with E-state index in [1.807, 2.05) is 0 Å². The summed E-state index contributed by atoms with van der Waals surface area (Å²) in [5.74, 6) is 0.158. The summed E-state index contributed by atoms with van der Waals surface area (Å²) in [5.41, 5.74) is 0. The van der Waals surface area contributed by atoms with Gasteiger partial charge >= 0.3 is 5.97 Å². The number of carboxylic acids is 1. The molecule has 0 aliphatic rings. The van der Waals surface area contributed by atoms with E-state index in [0.29, 0.717) is 12.8 Å². The topological polar surface area (TPSA) is 63.6 Å². The van der Waals surface area contributed by atoms with Crippen LogP contribution in [0.3, 0.4) is 0 Å². The maximum Gasteiger partial charge on any atom is 0.303 e. The van der Waals surface area contributed by atoms with Crippen LogP contribution < -0.4 is 0 Å². The monoisotopic (exact) mass is 326 g/mol. The van der Waals surface area contributed by atoms with Gasteiger partial charge in [0.2, 0.25) is 0 Å². The standard InChI is InChI=1S/C19H34O4/c1-3-4-5-6-7-11-14-18(23-2)16-17(20)13-10-8-9-12-15-19(21)22/h16H,3-15H2,1-2H3,(H,21,22)/b18-16+. The number of hydrogen-bond donors (Lipinski definition) is 1. The van der Waals surface area contributed by atoms with Crippen LogP contribution in [-0.4, -0.2) is 24.0 Å². The Hall–Kier alpha value is -1.32. The van der Waals surface area contributed by atoms with Gasteiger partial charge in [0.15, 0.2) is 5.78 Å². The van der Waals surface area contributed by atoms with Crippen molar-refractivity contribution in [1.29, 1.82) is 0 Å². The molecule has 0 aromatic rings. The smallest absolute Gasteiger partial charge is 0.303 e. The minimum absolute atomic E-state index is 0.117. The Kier molecular flexibility index (Phi) is 14.7. The molecule has 134 valence electrons. The van der Waals surface area contributed by atoms with Gasteiger partial charge in [-0.2, -0.15) is 0 Å². The van der Waals surface area contributed by atoms with Gasteiger partial charge in [-0.15, -0.1) is 0 Å². The van der Waals surface area contributed by atoms with Gasteiger partial charge in [-0.3, -0.25) is 9.59 Å². The van der Waals surface area contributed by atoms with Gasteiger partial charge in [0.05, 0.1) is 12.9 Å². The maximum absolute atomic E-state index is 11.9. The second-order valence-electron chi connectivity index (χ2n) is 6.11. The van der Waals surface area contributed by atoms with Gasteiger partial charge in [0, 0.05) is 25.3 Å². The van der Waals surface area contributed by atoms with Crippen molar-refractivity contribution in [3.63, 3.8) is 0 Å². The Bertz CT molecular complexity index is 347. The van der Waals surface area contributed by atoms with Crippen molar-refractivity contribution in [1.82, 2.24) is 0 Å². The van der Waals surface area contributed by atoms with Crippen LogP contribution >= 0.6 is 0 Å². The molecule has 0 unspecified atom stereocenters. The van der Waals surface area contributed by atoms with E-state index >= 15 is 0 Å². The molecular formula is C19H34O4.